The summed E-state index contributed by atoms with van der Waals surface area (Å²) in [7, 11) is -2.73. The Labute approximate surface area is 121 Å². The van der Waals surface area contributed by atoms with E-state index in [-0.39, 0.29) is 16.6 Å². The normalized spacial score (nSPS) is 16.0. The number of benzene rings is 1. The van der Waals surface area contributed by atoms with Gasteiger partial charge in [-0.1, -0.05) is 0 Å². The molecule has 1 fully saturated rings. The molecule has 0 radical (unpaired) electrons. The molecule has 1 unspecified atom stereocenters. The summed E-state index contributed by atoms with van der Waals surface area (Å²) >= 11 is 0. The van der Waals surface area contributed by atoms with E-state index >= 15 is 0 Å². The third-order valence-corrected chi connectivity index (χ3v) is 4.61. The first-order valence-electron chi connectivity index (χ1n) is 6.13. The Morgan fingerprint density at radius 3 is 2.67 bits per heavy atom. The molecule has 0 amide bonds. The number of nitro benzene ring substituents is 1. The smallest absolute Gasteiger partial charge is 0.312 e. The van der Waals surface area contributed by atoms with Gasteiger partial charge >= 0.3 is 5.69 Å². The van der Waals surface area contributed by atoms with Crippen molar-refractivity contribution < 1.29 is 18.1 Å². The molecular weight excluding hydrogens is 298 g/mol. The van der Waals surface area contributed by atoms with Gasteiger partial charge in [-0.05, 0) is 30.9 Å². The highest BCUT2D eigenvalue weighted by Crippen LogP contribution is 2.34. The SMILES string of the molecule is COc1ccc(S(=O)(=O)NC(C#N)C2CC2)cc1[N+](=O)[O-]. The van der Waals surface area contributed by atoms with Crippen LogP contribution in [0.25, 0.3) is 0 Å². The minimum atomic E-state index is -3.99. The first kappa shape index (κ1) is 15.2. The van der Waals surface area contributed by atoms with E-state index in [0.29, 0.717) is 0 Å². The van der Waals surface area contributed by atoms with Crippen LogP contribution in [0.3, 0.4) is 0 Å². The van der Waals surface area contributed by atoms with Crippen molar-refractivity contribution in [2.75, 3.05) is 7.11 Å². The molecule has 2 rings (SSSR count). The van der Waals surface area contributed by atoms with Crippen molar-refractivity contribution in [3.8, 4) is 11.8 Å². The summed E-state index contributed by atoms with van der Waals surface area (Å²) < 4.78 is 31.5. The molecule has 1 atom stereocenters. The predicted molar refractivity (Wildman–Crippen MR) is 72.1 cm³/mol. The predicted octanol–water partition coefficient (Wildman–Crippen LogP) is 1.18. The van der Waals surface area contributed by atoms with Gasteiger partial charge in [0.05, 0.1) is 23.0 Å². The fraction of sp³-hybridized carbons (Fsp3) is 0.417. The maximum absolute atomic E-state index is 12.2. The van der Waals surface area contributed by atoms with Crippen molar-refractivity contribution >= 4 is 15.7 Å². The van der Waals surface area contributed by atoms with Crippen molar-refractivity contribution in [2.45, 2.75) is 23.8 Å². The van der Waals surface area contributed by atoms with E-state index in [4.69, 9.17) is 10.00 Å². The number of ether oxygens (including phenoxy) is 1. The highest BCUT2D eigenvalue weighted by atomic mass is 32.2. The lowest BCUT2D eigenvalue weighted by atomic mass is 10.2. The quantitative estimate of drug-likeness (QED) is 0.621. The Morgan fingerprint density at radius 1 is 1.52 bits per heavy atom. The summed E-state index contributed by atoms with van der Waals surface area (Å²) in [6.07, 6.45) is 1.59. The van der Waals surface area contributed by atoms with Crippen LogP contribution >= 0.6 is 0 Å². The minimum absolute atomic E-state index is 0.0120. The third-order valence-electron chi connectivity index (χ3n) is 3.17. The van der Waals surface area contributed by atoms with Crippen molar-refractivity contribution in [1.82, 2.24) is 4.72 Å². The van der Waals surface area contributed by atoms with Crippen LogP contribution in [-0.2, 0) is 10.0 Å². The molecule has 0 bridgehead atoms. The van der Waals surface area contributed by atoms with Crippen LogP contribution < -0.4 is 9.46 Å². The number of hydrogen-bond donors (Lipinski definition) is 1. The number of nitriles is 1. The molecule has 1 N–H and O–H groups in total. The van der Waals surface area contributed by atoms with Crippen LogP contribution in [0.5, 0.6) is 5.75 Å². The van der Waals surface area contributed by atoms with E-state index in [1.807, 2.05) is 6.07 Å². The van der Waals surface area contributed by atoms with Crippen LogP contribution in [0.4, 0.5) is 5.69 Å². The summed E-state index contributed by atoms with van der Waals surface area (Å²) in [5, 5.41) is 19.9. The Balaban J connectivity index is 2.34. The summed E-state index contributed by atoms with van der Waals surface area (Å²) in [6, 6.07) is 4.43. The van der Waals surface area contributed by atoms with Gasteiger partial charge < -0.3 is 4.74 Å². The molecule has 1 aromatic rings. The second kappa shape index (κ2) is 5.67. The molecule has 1 aliphatic rings. The van der Waals surface area contributed by atoms with Gasteiger partial charge in [-0.15, -0.1) is 0 Å². The van der Waals surface area contributed by atoms with Gasteiger partial charge in [-0.25, -0.2) is 8.42 Å². The van der Waals surface area contributed by atoms with E-state index in [1.54, 1.807) is 0 Å². The Kier molecular flexibility index (Phi) is 4.11. The monoisotopic (exact) mass is 311 g/mol. The average Bonchev–Trinajstić information content (AvgIpc) is 3.28. The van der Waals surface area contributed by atoms with Crippen LogP contribution in [0.1, 0.15) is 12.8 Å². The van der Waals surface area contributed by atoms with E-state index in [9.17, 15) is 18.5 Å². The second-order valence-corrected chi connectivity index (χ2v) is 6.37. The molecule has 0 heterocycles. The van der Waals surface area contributed by atoms with Gasteiger partial charge in [0.25, 0.3) is 0 Å². The highest BCUT2D eigenvalue weighted by Gasteiger charge is 2.35. The topological polar surface area (TPSA) is 122 Å². The number of sulfonamides is 1. The van der Waals surface area contributed by atoms with Crippen molar-refractivity contribution in [2.24, 2.45) is 5.92 Å². The van der Waals surface area contributed by atoms with Gasteiger partial charge in [0, 0.05) is 6.07 Å². The van der Waals surface area contributed by atoms with Crippen LogP contribution in [0.2, 0.25) is 0 Å². The second-order valence-electron chi connectivity index (χ2n) is 4.66. The Hall–Kier alpha value is -2.18. The van der Waals surface area contributed by atoms with Gasteiger partial charge in [0.2, 0.25) is 10.0 Å². The first-order chi connectivity index (χ1) is 9.89. The van der Waals surface area contributed by atoms with Crippen molar-refractivity contribution in [1.29, 1.82) is 5.26 Å². The van der Waals surface area contributed by atoms with E-state index in [0.717, 1.165) is 18.9 Å². The van der Waals surface area contributed by atoms with E-state index in [1.165, 1.54) is 19.2 Å². The fourth-order valence-electron chi connectivity index (χ4n) is 1.87. The van der Waals surface area contributed by atoms with E-state index in [2.05, 4.69) is 4.72 Å². The largest absolute Gasteiger partial charge is 0.490 e. The molecule has 9 heteroatoms. The lowest BCUT2D eigenvalue weighted by Crippen LogP contribution is -2.35. The number of hydrogen-bond acceptors (Lipinski definition) is 6. The zero-order valence-corrected chi connectivity index (χ0v) is 12.0. The molecule has 0 saturated heterocycles. The molecule has 0 spiro atoms. The van der Waals surface area contributed by atoms with Crippen molar-refractivity contribution in [3.05, 3.63) is 28.3 Å². The number of nitrogens with zero attached hydrogens (tertiary/aromatic N) is 2. The van der Waals surface area contributed by atoms with Gasteiger partial charge in [-0.3, -0.25) is 10.1 Å². The van der Waals surface area contributed by atoms with Gasteiger partial charge in [-0.2, -0.15) is 9.98 Å². The van der Waals surface area contributed by atoms with Crippen LogP contribution in [-0.4, -0.2) is 26.5 Å². The summed E-state index contributed by atoms with van der Waals surface area (Å²) in [4.78, 5) is 9.93. The molecular formula is C12H13N3O5S. The van der Waals surface area contributed by atoms with Crippen molar-refractivity contribution in [3.63, 3.8) is 0 Å². The van der Waals surface area contributed by atoms with Gasteiger partial charge in [0.15, 0.2) is 5.75 Å². The molecule has 1 aliphatic carbocycles. The molecule has 8 nitrogen and oxygen atoms in total. The molecule has 112 valence electrons. The zero-order valence-electron chi connectivity index (χ0n) is 11.1. The minimum Gasteiger partial charge on any atom is -0.490 e. The lowest BCUT2D eigenvalue weighted by Gasteiger charge is -2.11. The molecule has 0 aliphatic heterocycles. The third kappa shape index (κ3) is 3.29. The molecule has 0 aromatic heterocycles. The van der Waals surface area contributed by atoms with Crippen LogP contribution in [0, 0.1) is 27.4 Å². The zero-order chi connectivity index (χ0) is 15.6. The summed E-state index contributed by atoms with van der Waals surface area (Å²) in [6.45, 7) is 0. The number of rotatable bonds is 6. The number of nitro groups is 1. The summed E-state index contributed by atoms with van der Waals surface area (Å²) in [5.41, 5.74) is -0.444. The Bertz CT molecular complexity index is 706. The van der Waals surface area contributed by atoms with Gasteiger partial charge in [0.1, 0.15) is 6.04 Å². The summed E-state index contributed by atoms with van der Waals surface area (Å²) in [5.74, 6) is -0.0176. The average molecular weight is 311 g/mol. The maximum atomic E-state index is 12.2. The Morgan fingerprint density at radius 2 is 2.19 bits per heavy atom. The molecule has 1 aromatic carbocycles. The molecule has 21 heavy (non-hydrogen) atoms. The first-order valence-corrected chi connectivity index (χ1v) is 7.61. The number of nitrogens with one attached hydrogen (secondary N) is 1. The fourth-order valence-corrected chi connectivity index (χ4v) is 3.10. The van der Waals surface area contributed by atoms with E-state index < -0.39 is 26.7 Å². The van der Waals surface area contributed by atoms with Crippen LogP contribution in [0.15, 0.2) is 23.1 Å². The molecule has 1 saturated carbocycles. The highest BCUT2D eigenvalue weighted by molar-refractivity contribution is 7.89. The lowest BCUT2D eigenvalue weighted by molar-refractivity contribution is -0.386. The maximum Gasteiger partial charge on any atom is 0.312 e. The number of methoxy groups -OCH3 is 1. The standard InChI is InChI=1S/C12H13N3O5S/c1-20-12-5-4-9(6-11(12)15(16)17)21(18,19)14-10(7-13)8-2-3-8/h4-6,8,10,14H,2-3H2,1H3.